The normalized spacial score (nSPS) is 11.5. The summed E-state index contributed by atoms with van der Waals surface area (Å²) in [5, 5.41) is 11.1. The predicted molar refractivity (Wildman–Crippen MR) is 74.0 cm³/mol. The molecule has 0 bridgehead atoms. The summed E-state index contributed by atoms with van der Waals surface area (Å²) in [6, 6.07) is 8.11. The second kappa shape index (κ2) is 6.18. The highest BCUT2D eigenvalue weighted by molar-refractivity contribution is 5.93. The van der Waals surface area contributed by atoms with Crippen LogP contribution in [0.3, 0.4) is 0 Å². The van der Waals surface area contributed by atoms with Gasteiger partial charge in [-0.1, -0.05) is 43.7 Å². The van der Waals surface area contributed by atoms with Crippen LogP contribution in [0.1, 0.15) is 25.0 Å². The predicted octanol–water partition coefficient (Wildman–Crippen LogP) is 2.03. The fourth-order valence-electron chi connectivity index (χ4n) is 1.68. The number of benzene rings is 1. The van der Waals surface area contributed by atoms with E-state index in [0.29, 0.717) is 6.54 Å². The van der Waals surface area contributed by atoms with Gasteiger partial charge in [0.2, 0.25) is 5.91 Å². The molecule has 0 fully saturated rings. The fraction of sp³-hybridized carbons (Fsp3) is 0.333. The molecule has 0 aromatic heterocycles. The van der Waals surface area contributed by atoms with Gasteiger partial charge in [-0.15, -0.1) is 0 Å². The molecule has 0 radical (unpaired) electrons. The van der Waals surface area contributed by atoms with E-state index in [4.69, 9.17) is 5.11 Å². The lowest BCUT2D eigenvalue weighted by Crippen LogP contribution is -2.36. The van der Waals surface area contributed by atoms with Crippen LogP contribution >= 0.6 is 0 Å². The first-order valence-corrected chi connectivity index (χ1v) is 6.07. The second-order valence-electron chi connectivity index (χ2n) is 5.14. The minimum Gasteiger partial charge on any atom is -0.478 e. The third kappa shape index (κ3) is 4.95. The monoisotopic (exact) mass is 261 g/mol. The fourth-order valence-corrected chi connectivity index (χ4v) is 1.68. The van der Waals surface area contributed by atoms with Crippen LogP contribution in [0, 0.1) is 6.92 Å². The summed E-state index contributed by atoms with van der Waals surface area (Å²) in [4.78, 5) is 21.7. The minimum atomic E-state index is -1.13. The molecule has 0 heterocycles. The molecule has 102 valence electrons. The summed E-state index contributed by atoms with van der Waals surface area (Å²) in [5.74, 6) is -1.53. The summed E-state index contributed by atoms with van der Waals surface area (Å²) in [7, 11) is 0. The lowest BCUT2D eigenvalue weighted by Gasteiger charge is -2.25. The molecule has 1 aromatic rings. The first kappa shape index (κ1) is 15.0. The second-order valence-corrected chi connectivity index (χ2v) is 5.14. The molecule has 0 aliphatic heterocycles. The van der Waals surface area contributed by atoms with Crippen LogP contribution in [0.2, 0.25) is 0 Å². The molecule has 1 rings (SSSR count). The van der Waals surface area contributed by atoms with Crippen LogP contribution in [0.15, 0.2) is 36.4 Å². The highest BCUT2D eigenvalue weighted by Gasteiger charge is 2.20. The van der Waals surface area contributed by atoms with E-state index in [-0.39, 0.29) is 5.41 Å². The Labute approximate surface area is 113 Å². The van der Waals surface area contributed by atoms with Gasteiger partial charge in [0.05, 0.1) is 0 Å². The van der Waals surface area contributed by atoms with Crippen LogP contribution in [0.5, 0.6) is 0 Å². The van der Waals surface area contributed by atoms with Crippen molar-refractivity contribution < 1.29 is 14.7 Å². The van der Waals surface area contributed by atoms with Crippen molar-refractivity contribution in [2.75, 3.05) is 6.54 Å². The van der Waals surface area contributed by atoms with Gasteiger partial charge < -0.3 is 10.4 Å². The van der Waals surface area contributed by atoms with Crippen molar-refractivity contribution in [3.8, 4) is 0 Å². The Hall–Kier alpha value is -2.10. The summed E-state index contributed by atoms with van der Waals surface area (Å²) in [5.41, 5.74) is 2.09. The first-order chi connectivity index (χ1) is 8.81. The van der Waals surface area contributed by atoms with Crippen molar-refractivity contribution in [2.45, 2.75) is 26.2 Å². The van der Waals surface area contributed by atoms with E-state index >= 15 is 0 Å². The molecule has 0 aliphatic carbocycles. The number of amides is 1. The SMILES string of the molecule is Cc1cccc(C(C)(C)CNC(=O)/C=C/C(=O)O)c1. The van der Waals surface area contributed by atoms with E-state index < -0.39 is 11.9 Å². The lowest BCUT2D eigenvalue weighted by molar-refractivity contribution is -0.131. The summed E-state index contributed by atoms with van der Waals surface area (Å²) >= 11 is 0. The zero-order valence-corrected chi connectivity index (χ0v) is 11.4. The lowest BCUT2D eigenvalue weighted by atomic mass is 9.84. The van der Waals surface area contributed by atoms with E-state index in [1.807, 2.05) is 39.0 Å². The first-order valence-electron chi connectivity index (χ1n) is 6.07. The number of hydrogen-bond donors (Lipinski definition) is 2. The van der Waals surface area contributed by atoms with Gasteiger partial charge in [-0.05, 0) is 12.5 Å². The van der Waals surface area contributed by atoms with Gasteiger partial charge in [-0.25, -0.2) is 4.79 Å². The van der Waals surface area contributed by atoms with Gasteiger partial charge in [0, 0.05) is 24.1 Å². The van der Waals surface area contributed by atoms with Gasteiger partial charge in [0.15, 0.2) is 0 Å². The van der Waals surface area contributed by atoms with E-state index in [2.05, 4.69) is 11.4 Å². The van der Waals surface area contributed by atoms with Crippen molar-refractivity contribution in [1.82, 2.24) is 5.32 Å². The summed E-state index contributed by atoms with van der Waals surface area (Å²) in [6.45, 7) is 6.53. The van der Waals surface area contributed by atoms with Crippen molar-refractivity contribution in [1.29, 1.82) is 0 Å². The van der Waals surface area contributed by atoms with E-state index in [1.165, 1.54) is 5.56 Å². The Balaban J connectivity index is 2.65. The van der Waals surface area contributed by atoms with Gasteiger partial charge in [-0.2, -0.15) is 0 Å². The number of aliphatic carboxylic acids is 1. The van der Waals surface area contributed by atoms with Crippen molar-refractivity contribution in [2.24, 2.45) is 0 Å². The van der Waals surface area contributed by atoms with E-state index in [0.717, 1.165) is 17.7 Å². The van der Waals surface area contributed by atoms with Crippen LogP contribution in [0.25, 0.3) is 0 Å². The Kier molecular flexibility index (Phi) is 4.87. The largest absolute Gasteiger partial charge is 0.478 e. The minimum absolute atomic E-state index is 0.210. The summed E-state index contributed by atoms with van der Waals surface area (Å²) in [6.07, 6.45) is 1.85. The number of carboxylic acid groups (broad SMARTS) is 1. The number of carbonyl (C=O) groups excluding carboxylic acids is 1. The maximum atomic E-state index is 11.4. The standard InChI is InChI=1S/C15H19NO3/c1-11-5-4-6-12(9-11)15(2,3)10-16-13(17)7-8-14(18)19/h4-9H,10H2,1-3H3,(H,16,17)(H,18,19)/b8-7+. The van der Waals surface area contributed by atoms with Crippen molar-refractivity contribution in [3.63, 3.8) is 0 Å². The van der Waals surface area contributed by atoms with Crippen LogP contribution < -0.4 is 5.32 Å². The molecule has 0 unspecified atom stereocenters. The van der Waals surface area contributed by atoms with Crippen molar-refractivity contribution in [3.05, 3.63) is 47.5 Å². The number of hydrogen-bond acceptors (Lipinski definition) is 2. The molecule has 1 amide bonds. The van der Waals surface area contributed by atoms with E-state index in [9.17, 15) is 9.59 Å². The molecule has 0 saturated carbocycles. The van der Waals surface area contributed by atoms with Gasteiger partial charge in [0.25, 0.3) is 0 Å². The third-order valence-corrected chi connectivity index (χ3v) is 2.88. The Bertz CT molecular complexity index is 504. The van der Waals surface area contributed by atoms with E-state index in [1.54, 1.807) is 0 Å². The highest BCUT2D eigenvalue weighted by atomic mass is 16.4. The van der Waals surface area contributed by atoms with Crippen LogP contribution in [-0.2, 0) is 15.0 Å². The van der Waals surface area contributed by atoms with Crippen LogP contribution in [-0.4, -0.2) is 23.5 Å². The zero-order valence-electron chi connectivity index (χ0n) is 11.4. The number of aryl methyl sites for hydroxylation is 1. The highest BCUT2D eigenvalue weighted by Crippen LogP contribution is 2.22. The summed E-state index contributed by atoms with van der Waals surface area (Å²) < 4.78 is 0. The number of carboxylic acids is 1. The van der Waals surface area contributed by atoms with Crippen molar-refractivity contribution >= 4 is 11.9 Å². The number of carbonyl (C=O) groups is 2. The van der Waals surface area contributed by atoms with Gasteiger partial charge >= 0.3 is 5.97 Å². The number of rotatable bonds is 5. The molecule has 19 heavy (non-hydrogen) atoms. The smallest absolute Gasteiger partial charge is 0.328 e. The topological polar surface area (TPSA) is 66.4 Å². The number of nitrogens with one attached hydrogen (secondary N) is 1. The zero-order chi connectivity index (χ0) is 14.5. The van der Waals surface area contributed by atoms with Gasteiger partial charge in [0.1, 0.15) is 0 Å². The molecular weight excluding hydrogens is 242 g/mol. The van der Waals surface area contributed by atoms with Crippen LogP contribution in [0.4, 0.5) is 0 Å². The molecule has 2 N–H and O–H groups in total. The molecule has 1 aromatic carbocycles. The quantitative estimate of drug-likeness (QED) is 0.797. The molecule has 0 aliphatic rings. The Morgan fingerprint density at radius 3 is 2.58 bits per heavy atom. The molecule has 4 heteroatoms. The molecule has 0 atom stereocenters. The molecular formula is C15H19NO3. The Morgan fingerprint density at radius 2 is 2.00 bits per heavy atom. The Morgan fingerprint density at radius 1 is 1.32 bits per heavy atom. The average Bonchev–Trinajstić information content (AvgIpc) is 2.34. The maximum absolute atomic E-state index is 11.4. The molecule has 4 nitrogen and oxygen atoms in total. The molecule has 0 saturated heterocycles. The average molecular weight is 261 g/mol. The van der Waals surface area contributed by atoms with Gasteiger partial charge in [-0.3, -0.25) is 4.79 Å². The molecule has 0 spiro atoms. The third-order valence-electron chi connectivity index (χ3n) is 2.88. The maximum Gasteiger partial charge on any atom is 0.328 e.